The van der Waals surface area contributed by atoms with Crippen molar-refractivity contribution in [3.63, 3.8) is 0 Å². The Balaban J connectivity index is 2.92. The van der Waals surface area contributed by atoms with Crippen LogP contribution in [0.3, 0.4) is 0 Å². The van der Waals surface area contributed by atoms with Crippen LogP contribution >= 0.6 is 11.6 Å². The number of fused-ring (bicyclic) bond motifs is 1. The fraction of sp³-hybridized carbons (Fsp3) is 0.231. The van der Waals surface area contributed by atoms with Crippen LogP contribution in [0.2, 0.25) is 5.15 Å². The number of aryl methyl sites for hydroxylation is 2. The lowest BCUT2D eigenvalue weighted by atomic mass is 10.0. The molecule has 2 rings (SSSR count). The fourth-order valence-corrected chi connectivity index (χ4v) is 2.30. The van der Waals surface area contributed by atoms with E-state index in [-0.39, 0.29) is 10.7 Å². The zero-order chi connectivity index (χ0) is 13.4. The molecule has 0 radical (unpaired) electrons. The van der Waals surface area contributed by atoms with Gasteiger partial charge >= 0.3 is 5.97 Å². The average molecular weight is 266 g/mol. The van der Waals surface area contributed by atoms with E-state index in [0.29, 0.717) is 16.8 Å². The monoisotopic (exact) mass is 265 g/mol. The molecular formula is C13H12ClNO3. The van der Waals surface area contributed by atoms with Crippen LogP contribution in [0.15, 0.2) is 12.1 Å². The first-order chi connectivity index (χ1) is 8.45. The predicted octanol–water partition coefficient (Wildman–Crippen LogP) is 3.21. The molecule has 0 amide bonds. The Morgan fingerprint density at radius 3 is 2.61 bits per heavy atom. The number of aromatic carboxylic acids is 1. The molecule has 2 aromatic rings. The highest BCUT2D eigenvalue weighted by molar-refractivity contribution is 6.33. The molecule has 94 valence electrons. The van der Waals surface area contributed by atoms with E-state index in [1.165, 1.54) is 0 Å². The van der Waals surface area contributed by atoms with Gasteiger partial charge < -0.3 is 9.84 Å². The van der Waals surface area contributed by atoms with Crippen molar-refractivity contribution in [1.29, 1.82) is 0 Å². The van der Waals surface area contributed by atoms with Crippen LogP contribution in [0.5, 0.6) is 5.75 Å². The van der Waals surface area contributed by atoms with Crippen LogP contribution < -0.4 is 4.74 Å². The molecule has 0 saturated heterocycles. The summed E-state index contributed by atoms with van der Waals surface area (Å²) >= 11 is 5.93. The highest BCUT2D eigenvalue weighted by Crippen LogP contribution is 2.31. The fourth-order valence-electron chi connectivity index (χ4n) is 1.99. The molecule has 0 aliphatic heterocycles. The van der Waals surface area contributed by atoms with Crippen molar-refractivity contribution in [2.75, 3.05) is 7.11 Å². The van der Waals surface area contributed by atoms with Crippen LogP contribution in [-0.2, 0) is 0 Å². The second-order valence-electron chi connectivity index (χ2n) is 4.05. The molecular weight excluding hydrogens is 254 g/mol. The first-order valence-corrected chi connectivity index (χ1v) is 5.71. The SMILES string of the molecule is COc1cc(C)c2nc(Cl)c(C(=O)O)c(C)c2c1. The largest absolute Gasteiger partial charge is 0.497 e. The number of methoxy groups -OCH3 is 1. The highest BCUT2D eigenvalue weighted by atomic mass is 35.5. The molecule has 0 fully saturated rings. The summed E-state index contributed by atoms with van der Waals surface area (Å²) in [5, 5.41) is 9.90. The lowest BCUT2D eigenvalue weighted by Crippen LogP contribution is -2.04. The molecule has 1 heterocycles. The van der Waals surface area contributed by atoms with Crippen molar-refractivity contribution >= 4 is 28.5 Å². The molecule has 0 aliphatic rings. The molecule has 5 heteroatoms. The minimum Gasteiger partial charge on any atom is -0.497 e. The molecule has 0 aliphatic carbocycles. The Hall–Kier alpha value is -1.81. The third kappa shape index (κ3) is 1.88. The molecule has 18 heavy (non-hydrogen) atoms. The van der Waals surface area contributed by atoms with Gasteiger partial charge in [-0.1, -0.05) is 11.6 Å². The van der Waals surface area contributed by atoms with E-state index in [1.807, 2.05) is 13.0 Å². The highest BCUT2D eigenvalue weighted by Gasteiger charge is 2.18. The average Bonchev–Trinajstić information content (AvgIpc) is 2.29. The number of carbonyl (C=O) groups is 1. The second kappa shape index (κ2) is 4.46. The van der Waals surface area contributed by atoms with Gasteiger partial charge in [0.2, 0.25) is 0 Å². The van der Waals surface area contributed by atoms with Gasteiger partial charge in [-0.2, -0.15) is 0 Å². The van der Waals surface area contributed by atoms with Crippen molar-refractivity contribution < 1.29 is 14.6 Å². The smallest absolute Gasteiger partial charge is 0.339 e. The Bertz CT molecular complexity index is 652. The number of halogens is 1. The van der Waals surface area contributed by atoms with Gasteiger partial charge in [-0.15, -0.1) is 0 Å². The Morgan fingerprint density at radius 2 is 2.06 bits per heavy atom. The quantitative estimate of drug-likeness (QED) is 0.847. The lowest BCUT2D eigenvalue weighted by Gasteiger charge is -2.11. The van der Waals surface area contributed by atoms with Crippen molar-refractivity contribution in [3.8, 4) is 5.75 Å². The van der Waals surface area contributed by atoms with Crippen LogP contribution in [0.1, 0.15) is 21.5 Å². The predicted molar refractivity (Wildman–Crippen MR) is 69.7 cm³/mol. The van der Waals surface area contributed by atoms with Crippen molar-refractivity contribution in [2.45, 2.75) is 13.8 Å². The Kier molecular flexibility index (Phi) is 3.13. The van der Waals surface area contributed by atoms with Crippen molar-refractivity contribution in [1.82, 2.24) is 4.98 Å². The lowest BCUT2D eigenvalue weighted by molar-refractivity contribution is 0.0696. The molecule has 1 aromatic heterocycles. The summed E-state index contributed by atoms with van der Waals surface area (Å²) in [6, 6.07) is 3.61. The van der Waals surface area contributed by atoms with Gasteiger partial charge in [0.25, 0.3) is 0 Å². The van der Waals surface area contributed by atoms with E-state index in [0.717, 1.165) is 10.9 Å². The molecule has 0 spiro atoms. The molecule has 1 aromatic carbocycles. The number of carboxylic acids is 1. The van der Waals surface area contributed by atoms with Gasteiger partial charge in [-0.25, -0.2) is 9.78 Å². The molecule has 0 unspecified atom stereocenters. The van der Waals surface area contributed by atoms with Crippen LogP contribution in [0.25, 0.3) is 10.9 Å². The first kappa shape index (κ1) is 12.6. The standard InChI is InChI=1S/C13H12ClNO3/c1-6-4-8(18-3)5-9-7(2)10(13(16)17)12(14)15-11(6)9/h4-5H,1-3H3,(H,16,17). The molecule has 4 nitrogen and oxygen atoms in total. The van der Waals surface area contributed by atoms with Gasteiger partial charge in [-0.05, 0) is 37.1 Å². The van der Waals surface area contributed by atoms with Crippen molar-refractivity contribution in [2.24, 2.45) is 0 Å². The summed E-state index contributed by atoms with van der Waals surface area (Å²) in [5.41, 5.74) is 2.23. The normalized spacial score (nSPS) is 10.7. The number of benzene rings is 1. The topological polar surface area (TPSA) is 59.4 Å². The Labute approximate surface area is 109 Å². The summed E-state index contributed by atoms with van der Waals surface area (Å²) < 4.78 is 5.18. The number of hydrogen-bond acceptors (Lipinski definition) is 3. The number of hydrogen-bond donors (Lipinski definition) is 1. The van der Waals surface area contributed by atoms with E-state index < -0.39 is 5.97 Å². The number of pyridine rings is 1. The Morgan fingerprint density at radius 1 is 1.39 bits per heavy atom. The molecule has 0 saturated carbocycles. The number of carboxylic acid groups (broad SMARTS) is 1. The van der Waals surface area contributed by atoms with Gasteiger partial charge in [0.15, 0.2) is 0 Å². The van der Waals surface area contributed by atoms with Gasteiger partial charge in [-0.3, -0.25) is 0 Å². The van der Waals surface area contributed by atoms with Gasteiger partial charge in [0.05, 0.1) is 12.6 Å². The third-order valence-electron chi connectivity index (χ3n) is 2.92. The first-order valence-electron chi connectivity index (χ1n) is 5.33. The van der Waals surface area contributed by atoms with E-state index in [1.54, 1.807) is 20.1 Å². The molecule has 0 bridgehead atoms. The summed E-state index contributed by atoms with van der Waals surface area (Å²) in [6.45, 7) is 3.60. The van der Waals surface area contributed by atoms with Crippen LogP contribution in [0.4, 0.5) is 0 Å². The third-order valence-corrected chi connectivity index (χ3v) is 3.19. The van der Waals surface area contributed by atoms with E-state index in [2.05, 4.69) is 4.98 Å². The number of rotatable bonds is 2. The number of nitrogens with zero attached hydrogens (tertiary/aromatic N) is 1. The minimum atomic E-state index is -1.08. The maximum absolute atomic E-state index is 11.2. The van der Waals surface area contributed by atoms with Crippen LogP contribution in [-0.4, -0.2) is 23.2 Å². The summed E-state index contributed by atoms with van der Waals surface area (Å²) in [6.07, 6.45) is 0. The van der Waals surface area contributed by atoms with Gasteiger partial charge in [0, 0.05) is 5.39 Å². The number of aromatic nitrogens is 1. The number of ether oxygens (including phenoxy) is 1. The summed E-state index contributed by atoms with van der Waals surface area (Å²) in [4.78, 5) is 15.3. The van der Waals surface area contributed by atoms with Crippen LogP contribution in [0, 0.1) is 13.8 Å². The second-order valence-corrected chi connectivity index (χ2v) is 4.41. The van der Waals surface area contributed by atoms with E-state index in [9.17, 15) is 4.79 Å². The van der Waals surface area contributed by atoms with Gasteiger partial charge in [0.1, 0.15) is 16.5 Å². The summed E-state index contributed by atoms with van der Waals surface area (Å²) in [7, 11) is 1.57. The maximum Gasteiger partial charge on any atom is 0.339 e. The zero-order valence-corrected chi connectivity index (χ0v) is 11.0. The molecule has 1 N–H and O–H groups in total. The maximum atomic E-state index is 11.2. The molecule has 0 atom stereocenters. The van der Waals surface area contributed by atoms with E-state index >= 15 is 0 Å². The zero-order valence-electron chi connectivity index (χ0n) is 10.2. The van der Waals surface area contributed by atoms with Crippen molar-refractivity contribution in [3.05, 3.63) is 34.0 Å². The minimum absolute atomic E-state index is 0.0146. The summed E-state index contributed by atoms with van der Waals surface area (Å²) in [5.74, 6) is -0.407. The van der Waals surface area contributed by atoms with E-state index in [4.69, 9.17) is 21.4 Å².